The summed E-state index contributed by atoms with van der Waals surface area (Å²) in [6.07, 6.45) is 0. The quantitative estimate of drug-likeness (QED) is 0.317. The smallest absolute Gasteiger partial charge is 0.271 e. The predicted molar refractivity (Wildman–Crippen MR) is 91.5 cm³/mol. The van der Waals surface area contributed by atoms with Crippen LogP contribution < -0.4 is 10.9 Å². The molecule has 0 radical (unpaired) electrons. The van der Waals surface area contributed by atoms with Gasteiger partial charge in [0.1, 0.15) is 5.82 Å². The highest BCUT2D eigenvalue weighted by atomic mass is 32.1. The number of carbonyl (C=O) groups excluding carboxylic acids is 2. The van der Waals surface area contributed by atoms with Crippen molar-refractivity contribution in [1.82, 2.24) is 20.8 Å². The number of nitro groups is 1. The zero-order chi connectivity index (χ0) is 18.8. The molecule has 0 bridgehead atoms. The Hall–Kier alpha value is -3.60. The van der Waals surface area contributed by atoms with Crippen molar-refractivity contribution in [2.45, 2.75) is 0 Å². The molecule has 0 fully saturated rings. The standard InChI is InChI=1S/C15H10FN5O4S/c16-8-5-10(12-11(6-8)17-15(26)18-12)14(23)20-19-13(22)7-2-1-3-9(4-7)21(24)25/h1-6H,(H,19,22)(H,20,23)(H2,17,18,26). The van der Waals surface area contributed by atoms with Crippen LogP contribution in [-0.2, 0) is 0 Å². The van der Waals surface area contributed by atoms with Crippen molar-refractivity contribution in [2.24, 2.45) is 0 Å². The Morgan fingerprint density at radius 3 is 2.58 bits per heavy atom. The minimum Gasteiger partial charge on any atom is -0.331 e. The Kier molecular flexibility index (Phi) is 4.45. The third kappa shape index (κ3) is 3.42. The van der Waals surface area contributed by atoms with Crippen LogP contribution in [0.2, 0.25) is 0 Å². The summed E-state index contributed by atoms with van der Waals surface area (Å²) in [4.78, 5) is 39.8. The van der Waals surface area contributed by atoms with Crippen LogP contribution in [-0.4, -0.2) is 26.7 Å². The number of halogens is 1. The first-order valence-electron chi connectivity index (χ1n) is 7.12. The summed E-state index contributed by atoms with van der Waals surface area (Å²) in [5, 5.41) is 10.7. The molecule has 0 saturated carbocycles. The number of aromatic amines is 2. The molecular formula is C15H10FN5O4S. The lowest BCUT2D eigenvalue weighted by atomic mass is 10.1. The number of nitrogens with one attached hydrogen (secondary N) is 4. The molecule has 9 nitrogen and oxygen atoms in total. The lowest BCUT2D eigenvalue weighted by Gasteiger charge is -2.08. The van der Waals surface area contributed by atoms with Gasteiger partial charge in [-0.2, -0.15) is 0 Å². The van der Waals surface area contributed by atoms with Gasteiger partial charge in [-0.15, -0.1) is 0 Å². The number of hydrogen-bond donors (Lipinski definition) is 4. The number of non-ortho nitro benzene ring substituents is 1. The number of benzene rings is 2. The van der Waals surface area contributed by atoms with E-state index in [2.05, 4.69) is 20.8 Å². The van der Waals surface area contributed by atoms with Crippen LogP contribution in [0.15, 0.2) is 36.4 Å². The van der Waals surface area contributed by atoms with Gasteiger partial charge in [-0.25, -0.2) is 4.39 Å². The van der Waals surface area contributed by atoms with Crippen molar-refractivity contribution >= 4 is 40.8 Å². The molecule has 2 aromatic carbocycles. The SMILES string of the molecule is O=C(NNC(=O)c1cc(F)cc2[nH]c(=S)[nH]c12)c1cccc([N+](=O)[O-])c1. The van der Waals surface area contributed by atoms with E-state index in [1.807, 2.05) is 0 Å². The summed E-state index contributed by atoms with van der Waals surface area (Å²) in [5.41, 5.74) is 4.46. The van der Waals surface area contributed by atoms with Crippen LogP contribution in [0.4, 0.5) is 10.1 Å². The summed E-state index contributed by atoms with van der Waals surface area (Å²) < 4.78 is 13.9. The minimum atomic E-state index is -0.793. The largest absolute Gasteiger partial charge is 0.331 e. The summed E-state index contributed by atoms with van der Waals surface area (Å²) in [6.45, 7) is 0. The second kappa shape index (κ2) is 6.72. The third-order valence-corrected chi connectivity index (χ3v) is 3.65. The van der Waals surface area contributed by atoms with Gasteiger partial charge in [0, 0.05) is 17.7 Å². The van der Waals surface area contributed by atoms with E-state index in [4.69, 9.17) is 12.2 Å². The van der Waals surface area contributed by atoms with Gasteiger partial charge >= 0.3 is 0 Å². The van der Waals surface area contributed by atoms with Crippen molar-refractivity contribution in [3.8, 4) is 0 Å². The Balaban J connectivity index is 1.79. The van der Waals surface area contributed by atoms with Crippen LogP contribution in [0.3, 0.4) is 0 Å². The van der Waals surface area contributed by atoms with Gasteiger partial charge in [0.25, 0.3) is 17.5 Å². The van der Waals surface area contributed by atoms with Crippen LogP contribution in [0.25, 0.3) is 11.0 Å². The monoisotopic (exact) mass is 375 g/mol. The van der Waals surface area contributed by atoms with E-state index in [9.17, 15) is 24.1 Å². The molecule has 0 aliphatic rings. The molecule has 0 spiro atoms. The van der Waals surface area contributed by atoms with Crippen molar-refractivity contribution in [1.29, 1.82) is 0 Å². The summed E-state index contributed by atoms with van der Waals surface area (Å²) in [7, 11) is 0. The number of imidazole rings is 1. The number of amides is 2. The van der Waals surface area contributed by atoms with E-state index in [0.717, 1.165) is 12.1 Å². The number of H-pyrrole nitrogens is 2. The molecule has 3 rings (SSSR count). The van der Waals surface area contributed by atoms with E-state index < -0.39 is 22.6 Å². The fourth-order valence-corrected chi connectivity index (χ4v) is 2.51. The Morgan fingerprint density at radius 2 is 1.85 bits per heavy atom. The number of fused-ring (bicyclic) bond motifs is 1. The lowest BCUT2D eigenvalue weighted by molar-refractivity contribution is -0.384. The average Bonchev–Trinajstić information content (AvgIpc) is 2.98. The fraction of sp³-hybridized carbons (Fsp3) is 0. The molecule has 26 heavy (non-hydrogen) atoms. The molecule has 0 saturated heterocycles. The highest BCUT2D eigenvalue weighted by Crippen LogP contribution is 2.18. The number of hydrazine groups is 1. The fourth-order valence-electron chi connectivity index (χ4n) is 2.30. The van der Waals surface area contributed by atoms with Crippen molar-refractivity contribution in [2.75, 3.05) is 0 Å². The number of nitro benzene ring substituents is 1. The van der Waals surface area contributed by atoms with Gasteiger partial charge in [-0.05, 0) is 30.4 Å². The third-order valence-electron chi connectivity index (χ3n) is 3.44. The topological polar surface area (TPSA) is 133 Å². The molecule has 11 heteroatoms. The highest BCUT2D eigenvalue weighted by molar-refractivity contribution is 7.71. The van der Waals surface area contributed by atoms with Gasteiger partial charge < -0.3 is 9.97 Å². The molecule has 4 N–H and O–H groups in total. The molecule has 0 unspecified atom stereocenters. The molecule has 1 aromatic heterocycles. The number of hydrogen-bond acceptors (Lipinski definition) is 5. The molecule has 0 atom stereocenters. The van der Waals surface area contributed by atoms with Gasteiger partial charge in [-0.3, -0.25) is 30.6 Å². The molecule has 132 valence electrons. The zero-order valence-electron chi connectivity index (χ0n) is 12.8. The van der Waals surface area contributed by atoms with E-state index in [-0.39, 0.29) is 27.1 Å². The van der Waals surface area contributed by atoms with Crippen molar-refractivity contribution in [3.05, 3.63) is 68.2 Å². The minimum absolute atomic E-state index is 0.0232. The normalized spacial score (nSPS) is 10.5. The molecule has 0 aliphatic heterocycles. The predicted octanol–water partition coefficient (Wildman–Crippen LogP) is 2.35. The first-order chi connectivity index (χ1) is 12.3. The van der Waals surface area contributed by atoms with E-state index in [0.29, 0.717) is 5.52 Å². The van der Waals surface area contributed by atoms with Crippen LogP contribution in [0.1, 0.15) is 20.7 Å². The first kappa shape index (κ1) is 17.2. The second-order valence-corrected chi connectivity index (χ2v) is 5.58. The highest BCUT2D eigenvalue weighted by Gasteiger charge is 2.16. The molecule has 3 aromatic rings. The zero-order valence-corrected chi connectivity index (χ0v) is 13.6. The molecular weight excluding hydrogens is 365 g/mol. The molecule has 2 amide bonds. The number of rotatable bonds is 3. The van der Waals surface area contributed by atoms with Gasteiger partial charge in [0.2, 0.25) is 0 Å². The van der Waals surface area contributed by atoms with Crippen LogP contribution in [0, 0.1) is 20.7 Å². The summed E-state index contributed by atoms with van der Waals surface area (Å²) >= 11 is 4.92. The summed E-state index contributed by atoms with van der Waals surface area (Å²) in [5.74, 6) is -2.23. The van der Waals surface area contributed by atoms with Gasteiger partial charge in [0.05, 0.1) is 21.5 Å². The first-order valence-corrected chi connectivity index (χ1v) is 7.52. The van der Waals surface area contributed by atoms with Gasteiger partial charge in [-0.1, -0.05) is 6.07 Å². The van der Waals surface area contributed by atoms with Crippen molar-refractivity contribution < 1.29 is 18.9 Å². The maximum Gasteiger partial charge on any atom is 0.271 e. The van der Waals surface area contributed by atoms with E-state index in [1.165, 1.54) is 24.3 Å². The van der Waals surface area contributed by atoms with E-state index in [1.54, 1.807) is 0 Å². The Morgan fingerprint density at radius 1 is 1.12 bits per heavy atom. The summed E-state index contributed by atoms with van der Waals surface area (Å²) in [6, 6.07) is 7.12. The maximum absolute atomic E-state index is 13.7. The lowest BCUT2D eigenvalue weighted by Crippen LogP contribution is -2.41. The molecule has 1 heterocycles. The maximum atomic E-state index is 13.7. The van der Waals surface area contributed by atoms with Gasteiger partial charge in [0.15, 0.2) is 4.77 Å². The number of aromatic nitrogens is 2. The van der Waals surface area contributed by atoms with Crippen LogP contribution in [0.5, 0.6) is 0 Å². The Bertz CT molecular complexity index is 1110. The van der Waals surface area contributed by atoms with E-state index >= 15 is 0 Å². The second-order valence-electron chi connectivity index (χ2n) is 5.17. The number of nitrogens with zero attached hydrogens (tertiary/aromatic N) is 1. The van der Waals surface area contributed by atoms with Crippen LogP contribution >= 0.6 is 12.2 Å². The number of carbonyl (C=O) groups is 2. The average molecular weight is 375 g/mol. The molecule has 0 aliphatic carbocycles. The Labute approximate surface area is 149 Å². The van der Waals surface area contributed by atoms with Crippen molar-refractivity contribution in [3.63, 3.8) is 0 Å².